The van der Waals surface area contributed by atoms with Gasteiger partial charge in [-0.3, -0.25) is 0 Å². The van der Waals surface area contributed by atoms with Gasteiger partial charge in [0.15, 0.2) is 0 Å². The van der Waals surface area contributed by atoms with Gasteiger partial charge in [0, 0.05) is 12.6 Å². The van der Waals surface area contributed by atoms with Gasteiger partial charge < -0.3 is 10.1 Å². The van der Waals surface area contributed by atoms with Crippen molar-refractivity contribution < 1.29 is 4.74 Å². The number of rotatable bonds is 6. The summed E-state index contributed by atoms with van der Waals surface area (Å²) in [7, 11) is 0. The van der Waals surface area contributed by atoms with Crippen LogP contribution >= 0.6 is 0 Å². The van der Waals surface area contributed by atoms with E-state index < -0.39 is 0 Å². The largest absolute Gasteiger partial charge is 0.489 e. The van der Waals surface area contributed by atoms with Crippen molar-refractivity contribution in [3.8, 4) is 5.75 Å². The van der Waals surface area contributed by atoms with Crippen LogP contribution in [0, 0.1) is 0 Å². The molecule has 0 aliphatic carbocycles. The molecular formula is C17H29NO. The predicted molar refractivity (Wildman–Crippen MR) is 83.0 cm³/mol. The van der Waals surface area contributed by atoms with Crippen LogP contribution in [-0.4, -0.2) is 18.7 Å². The van der Waals surface area contributed by atoms with Crippen molar-refractivity contribution in [1.29, 1.82) is 0 Å². The quantitative estimate of drug-likeness (QED) is 0.833. The molecule has 0 heterocycles. The molecule has 0 bridgehead atoms. The summed E-state index contributed by atoms with van der Waals surface area (Å²) < 4.78 is 6.09. The second-order valence-corrected chi connectivity index (χ2v) is 6.49. The minimum atomic E-state index is 0.164. The predicted octanol–water partition coefficient (Wildman–Crippen LogP) is 4.14. The fourth-order valence-electron chi connectivity index (χ4n) is 1.86. The molecule has 1 N–H and O–H groups in total. The maximum Gasteiger partial charge on any atom is 0.120 e. The Morgan fingerprint density at radius 3 is 2.42 bits per heavy atom. The molecule has 2 heteroatoms. The molecule has 1 unspecified atom stereocenters. The molecule has 1 rings (SSSR count). The molecule has 0 amide bonds. The molecular weight excluding hydrogens is 234 g/mol. The Bertz CT molecular complexity index is 379. The fourth-order valence-corrected chi connectivity index (χ4v) is 1.86. The highest BCUT2D eigenvalue weighted by Gasteiger charge is 2.15. The zero-order valence-corrected chi connectivity index (χ0v) is 13.3. The van der Waals surface area contributed by atoms with Gasteiger partial charge in [-0.05, 0) is 29.5 Å². The average molecular weight is 263 g/mol. The summed E-state index contributed by atoms with van der Waals surface area (Å²) in [5.41, 5.74) is 1.48. The van der Waals surface area contributed by atoms with E-state index in [-0.39, 0.29) is 11.5 Å². The van der Waals surface area contributed by atoms with Crippen molar-refractivity contribution >= 4 is 0 Å². The van der Waals surface area contributed by atoms with E-state index in [9.17, 15) is 0 Å². The Labute approximate surface area is 118 Å². The van der Waals surface area contributed by atoms with Gasteiger partial charge in [-0.25, -0.2) is 0 Å². The Hall–Kier alpha value is -1.02. The molecule has 108 valence electrons. The lowest BCUT2D eigenvalue weighted by Gasteiger charge is -2.23. The molecule has 0 radical (unpaired) electrons. The van der Waals surface area contributed by atoms with E-state index in [0.717, 1.165) is 18.7 Å². The maximum atomic E-state index is 6.09. The Kier molecular flexibility index (Phi) is 5.86. The van der Waals surface area contributed by atoms with Gasteiger partial charge in [0.25, 0.3) is 0 Å². The molecule has 0 fully saturated rings. The smallest absolute Gasteiger partial charge is 0.120 e. The van der Waals surface area contributed by atoms with Gasteiger partial charge in [-0.15, -0.1) is 0 Å². The van der Waals surface area contributed by atoms with Crippen LogP contribution in [0.3, 0.4) is 0 Å². The molecule has 19 heavy (non-hydrogen) atoms. The molecule has 0 saturated carbocycles. The zero-order valence-electron chi connectivity index (χ0n) is 13.3. The van der Waals surface area contributed by atoms with Crippen LogP contribution in [0.5, 0.6) is 5.75 Å². The minimum Gasteiger partial charge on any atom is -0.489 e. The van der Waals surface area contributed by atoms with Crippen LogP contribution in [-0.2, 0) is 5.41 Å². The van der Waals surface area contributed by atoms with Gasteiger partial charge in [-0.1, -0.05) is 53.7 Å². The van der Waals surface area contributed by atoms with Crippen molar-refractivity contribution in [3.05, 3.63) is 29.8 Å². The van der Waals surface area contributed by atoms with E-state index >= 15 is 0 Å². The summed E-state index contributed by atoms with van der Waals surface area (Å²) in [6.45, 7) is 14.1. The third-order valence-corrected chi connectivity index (χ3v) is 3.21. The molecule has 1 aromatic carbocycles. The Balaban J connectivity index is 2.69. The molecule has 1 aromatic rings. The highest BCUT2D eigenvalue weighted by molar-refractivity contribution is 5.32. The number of benzene rings is 1. The topological polar surface area (TPSA) is 21.3 Å². The van der Waals surface area contributed by atoms with E-state index in [4.69, 9.17) is 4.74 Å². The molecule has 0 aliphatic heterocycles. The molecule has 1 atom stereocenters. The van der Waals surface area contributed by atoms with E-state index in [2.05, 4.69) is 65.1 Å². The van der Waals surface area contributed by atoms with Crippen LogP contribution in [0.25, 0.3) is 0 Å². The van der Waals surface area contributed by atoms with Crippen LogP contribution in [0.4, 0.5) is 0 Å². The third-order valence-electron chi connectivity index (χ3n) is 3.21. The van der Waals surface area contributed by atoms with Crippen LogP contribution < -0.4 is 10.1 Å². The lowest BCUT2D eigenvalue weighted by molar-refractivity contribution is 0.190. The Morgan fingerprint density at radius 2 is 1.89 bits per heavy atom. The highest BCUT2D eigenvalue weighted by atomic mass is 16.5. The first kappa shape index (κ1) is 16.0. The van der Waals surface area contributed by atoms with E-state index in [1.807, 2.05) is 6.07 Å². The summed E-state index contributed by atoms with van der Waals surface area (Å²) in [6, 6.07) is 8.96. The standard InChI is InChI=1S/C17H29NO/c1-7-15(12-18-13(2)3)19-16-10-8-9-14(11-16)17(4,5)6/h8-11,13,15,18H,7,12H2,1-6H3. The first-order chi connectivity index (χ1) is 8.82. The third kappa shape index (κ3) is 5.65. The van der Waals surface area contributed by atoms with E-state index in [1.165, 1.54) is 5.56 Å². The molecule has 0 aromatic heterocycles. The lowest BCUT2D eigenvalue weighted by Crippen LogP contribution is -2.34. The van der Waals surface area contributed by atoms with Gasteiger partial charge in [0.1, 0.15) is 11.9 Å². The van der Waals surface area contributed by atoms with Crippen molar-refractivity contribution in [1.82, 2.24) is 5.32 Å². The van der Waals surface area contributed by atoms with Crippen molar-refractivity contribution in [2.45, 2.75) is 65.5 Å². The molecule has 0 saturated heterocycles. The lowest BCUT2D eigenvalue weighted by atomic mass is 9.87. The highest BCUT2D eigenvalue weighted by Crippen LogP contribution is 2.26. The fraction of sp³-hybridized carbons (Fsp3) is 0.647. The zero-order chi connectivity index (χ0) is 14.5. The number of ether oxygens (including phenoxy) is 1. The van der Waals surface area contributed by atoms with Crippen LogP contribution in [0.1, 0.15) is 53.5 Å². The van der Waals surface area contributed by atoms with E-state index in [0.29, 0.717) is 6.04 Å². The average Bonchev–Trinajstić information content (AvgIpc) is 2.33. The minimum absolute atomic E-state index is 0.164. The Morgan fingerprint density at radius 1 is 1.21 bits per heavy atom. The molecule has 2 nitrogen and oxygen atoms in total. The summed E-state index contributed by atoms with van der Waals surface area (Å²) in [6.07, 6.45) is 1.25. The van der Waals surface area contributed by atoms with Gasteiger partial charge in [0.2, 0.25) is 0 Å². The number of nitrogens with one attached hydrogen (secondary N) is 1. The monoisotopic (exact) mass is 263 g/mol. The molecule has 0 spiro atoms. The van der Waals surface area contributed by atoms with Crippen molar-refractivity contribution in [3.63, 3.8) is 0 Å². The maximum absolute atomic E-state index is 6.09. The molecule has 0 aliphatic rings. The summed E-state index contributed by atoms with van der Waals surface area (Å²) in [5, 5.41) is 3.44. The second-order valence-electron chi connectivity index (χ2n) is 6.49. The summed E-state index contributed by atoms with van der Waals surface area (Å²) in [4.78, 5) is 0. The van der Waals surface area contributed by atoms with E-state index in [1.54, 1.807) is 0 Å². The number of hydrogen-bond donors (Lipinski definition) is 1. The summed E-state index contributed by atoms with van der Waals surface area (Å²) >= 11 is 0. The second kappa shape index (κ2) is 6.95. The summed E-state index contributed by atoms with van der Waals surface area (Å²) in [5.74, 6) is 0.977. The van der Waals surface area contributed by atoms with Gasteiger partial charge in [0.05, 0.1) is 0 Å². The SMILES string of the molecule is CCC(CNC(C)C)Oc1cccc(C(C)(C)C)c1. The first-order valence-corrected chi connectivity index (χ1v) is 7.33. The van der Waals surface area contributed by atoms with Gasteiger partial charge >= 0.3 is 0 Å². The van der Waals surface area contributed by atoms with Crippen molar-refractivity contribution in [2.75, 3.05) is 6.54 Å². The number of hydrogen-bond acceptors (Lipinski definition) is 2. The van der Waals surface area contributed by atoms with Crippen molar-refractivity contribution in [2.24, 2.45) is 0 Å². The van der Waals surface area contributed by atoms with Crippen LogP contribution in [0.15, 0.2) is 24.3 Å². The van der Waals surface area contributed by atoms with Crippen LogP contribution in [0.2, 0.25) is 0 Å². The van der Waals surface area contributed by atoms with Gasteiger partial charge in [-0.2, -0.15) is 0 Å². The first-order valence-electron chi connectivity index (χ1n) is 7.33. The normalized spacial score (nSPS) is 13.6.